The van der Waals surface area contributed by atoms with Crippen molar-refractivity contribution in [3.8, 4) is 0 Å². The van der Waals surface area contributed by atoms with Crippen LogP contribution in [0.5, 0.6) is 0 Å². The molecule has 4 heteroatoms. The van der Waals surface area contributed by atoms with Gasteiger partial charge in [-0.2, -0.15) is 0 Å². The highest BCUT2D eigenvalue weighted by atomic mass is 16.2. The van der Waals surface area contributed by atoms with Gasteiger partial charge in [-0.15, -0.1) is 0 Å². The molecule has 21 heavy (non-hydrogen) atoms. The maximum atomic E-state index is 12.7. The molecule has 1 saturated heterocycles. The van der Waals surface area contributed by atoms with Crippen LogP contribution in [0.1, 0.15) is 31.4 Å². The molecule has 2 heterocycles. The van der Waals surface area contributed by atoms with Gasteiger partial charge in [0, 0.05) is 32.1 Å². The zero-order valence-electron chi connectivity index (χ0n) is 12.7. The molecule has 4 nitrogen and oxygen atoms in total. The fraction of sp³-hybridized carbons (Fsp3) is 0.529. The summed E-state index contributed by atoms with van der Waals surface area (Å²) in [5, 5.41) is 0. The minimum absolute atomic E-state index is 0.112. The van der Waals surface area contributed by atoms with Crippen LogP contribution in [0.25, 0.3) is 0 Å². The number of nitrogens with zero attached hydrogens (tertiary/aromatic N) is 2. The van der Waals surface area contributed by atoms with E-state index in [1.165, 1.54) is 11.1 Å². The largest absolute Gasteiger partial charge is 0.339 e. The summed E-state index contributed by atoms with van der Waals surface area (Å²) in [5.74, 6) is 0.0897. The van der Waals surface area contributed by atoms with Gasteiger partial charge >= 0.3 is 0 Å². The quantitative estimate of drug-likeness (QED) is 0.832. The predicted molar refractivity (Wildman–Crippen MR) is 80.5 cm³/mol. The third-order valence-corrected chi connectivity index (χ3v) is 4.57. The van der Waals surface area contributed by atoms with Crippen molar-refractivity contribution in [3.63, 3.8) is 0 Å². The fourth-order valence-corrected chi connectivity index (χ4v) is 3.34. The molecule has 0 N–H and O–H groups in total. The van der Waals surface area contributed by atoms with Crippen LogP contribution in [-0.2, 0) is 22.6 Å². The van der Waals surface area contributed by atoms with E-state index < -0.39 is 0 Å². The van der Waals surface area contributed by atoms with Crippen LogP contribution < -0.4 is 0 Å². The lowest BCUT2D eigenvalue weighted by atomic mass is 9.98. The summed E-state index contributed by atoms with van der Waals surface area (Å²) < 4.78 is 0. The summed E-state index contributed by atoms with van der Waals surface area (Å²) >= 11 is 0. The van der Waals surface area contributed by atoms with Gasteiger partial charge in [0.1, 0.15) is 0 Å². The number of fused-ring (bicyclic) bond motifs is 1. The number of benzene rings is 1. The maximum absolute atomic E-state index is 12.7. The summed E-state index contributed by atoms with van der Waals surface area (Å²) in [7, 11) is 0. The van der Waals surface area contributed by atoms with E-state index in [-0.39, 0.29) is 23.8 Å². The smallest absolute Gasteiger partial charge is 0.228 e. The number of likely N-dealkylation sites (tertiary alicyclic amines) is 1. The number of rotatable bonds is 2. The molecule has 1 aromatic rings. The Bertz CT molecular complexity index is 568. The Morgan fingerprint density at radius 2 is 1.95 bits per heavy atom. The Morgan fingerprint density at radius 3 is 2.62 bits per heavy atom. The van der Waals surface area contributed by atoms with E-state index in [0.717, 1.165) is 13.0 Å². The minimum atomic E-state index is -0.162. The van der Waals surface area contributed by atoms with Crippen molar-refractivity contribution >= 4 is 11.8 Å². The van der Waals surface area contributed by atoms with E-state index in [4.69, 9.17) is 0 Å². The Labute approximate surface area is 125 Å². The Hall–Kier alpha value is -1.84. The standard InChI is InChI=1S/C17H22N2O2/c1-12(2)19-11-15(9-16(19)20)17(21)18-8-7-13-5-3-4-6-14(13)10-18/h3-6,12,15H,7-11H2,1-2H3. The van der Waals surface area contributed by atoms with Crippen LogP contribution in [0.3, 0.4) is 0 Å². The molecular weight excluding hydrogens is 264 g/mol. The Balaban J connectivity index is 1.69. The van der Waals surface area contributed by atoms with E-state index in [1.807, 2.05) is 35.8 Å². The van der Waals surface area contributed by atoms with Gasteiger partial charge in [0.15, 0.2) is 0 Å². The van der Waals surface area contributed by atoms with Crippen LogP contribution in [0, 0.1) is 5.92 Å². The van der Waals surface area contributed by atoms with Gasteiger partial charge in [0.05, 0.1) is 5.92 Å². The molecule has 0 saturated carbocycles. The Kier molecular flexibility index (Phi) is 3.70. The molecule has 1 atom stereocenters. The number of hydrogen-bond donors (Lipinski definition) is 0. The van der Waals surface area contributed by atoms with Crippen LogP contribution in [-0.4, -0.2) is 40.7 Å². The third-order valence-electron chi connectivity index (χ3n) is 4.57. The number of carbonyl (C=O) groups excluding carboxylic acids is 2. The molecule has 0 radical (unpaired) electrons. The number of carbonyl (C=O) groups is 2. The van der Waals surface area contributed by atoms with Gasteiger partial charge in [-0.25, -0.2) is 0 Å². The highest BCUT2D eigenvalue weighted by molar-refractivity contribution is 5.89. The topological polar surface area (TPSA) is 40.6 Å². The van der Waals surface area contributed by atoms with E-state index in [0.29, 0.717) is 19.5 Å². The molecule has 0 aliphatic carbocycles. The van der Waals surface area contributed by atoms with Gasteiger partial charge in [0.25, 0.3) is 0 Å². The zero-order valence-corrected chi connectivity index (χ0v) is 12.7. The summed E-state index contributed by atoms with van der Waals surface area (Å²) in [4.78, 5) is 28.4. The van der Waals surface area contributed by atoms with Crippen molar-refractivity contribution in [1.29, 1.82) is 0 Å². The first-order valence-electron chi connectivity index (χ1n) is 7.71. The van der Waals surface area contributed by atoms with Gasteiger partial charge in [-0.1, -0.05) is 24.3 Å². The average molecular weight is 286 g/mol. The highest BCUT2D eigenvalue weighted by Gasteiger charge is 2.38. The lowest BCUT2D eigenvalue weighted by Gasteiger charge is -2.31. The summed E-state index contributed by atoms with van der Waals surface area (Å²) in [6, 6.07) is 8.47. The van der Waals surface area contributed by atoms with E-state index >= 15 is 0 Å². The van der Waals surface area contributed by atoms with Crippen molar-refractivity contribution in [1.82, 2.24) is 9.80 Å². The molecule has 1 fully saturated rings. The normalized spacial score (nSPS) is 21.9. The molecule has 112 valence electrons. The molecular formula is C17H22N2O2. The maximum Gasteiger partial charge on any atom is 0.228 e. The summed E-state index contributed by atoms with van der Waals surface area (Å²) in [6.07, 6.45) is 1.28. The fourth-order valence-electron chi connectivity index (χ4n) is 3.34. The zero-order chi connectivity index (χ0) is 15.0. The van der Waals surface area contributed by atoms with Gasteiger partial charge < -0.3 is 9.80 Å². The summed E-state index contributed by atoms with van der Waals surface area (Å²) in [5.41, 5.74) is 2.58. The van der Waals surface area contributed by atoms with Crippen molar-refractivity contribution in [2.45, 2.75) is 39.3 Å². The first kappa shape index (κ1) is 14.1. The molecule has 2 aliphatic rings. The lowest BCUT2D eigenvalue weighted by molar-refractivity contribution is -0.136. The van der Waals surface area contributed by atoms with Gasteiger partial charge in [0.2, 0.25) is 11.8 Å². The van der Waals surface area contributed by atoms with Crippen molar-refractivity contribution in [2.24, 2.45) is 5.92 Å². The minimum Gasteiger partial charge on any atom is -0.339 e. The second kappa shape index (κ2) is 5.51. The summed E-state index contributed by atoms with van der Waals surface area (Å²) in [6.45, 7) is 6.03. The second-order valence-corrected chi connectivity index (χ2v) is 6.32. The molecule has 1 unspecified atom stereocenters. The Morgan fingerprint density at radius 1 is 1.24 bits per heavy atom. The molecule has 2 amide bonds. The molecule has 3 rings (SSSR count). The average Bonchev–Trinajstić information content (AvgIpc) is 2.88. The van der Waals surface area contributed by atoms with Gasteiger partial charge in [-0.05, 0) is 31.4 Å². The van der Waals surface area contributed by atoms with Gasteiger partial charge in [-0.3, -0.25) is 9.59 Å². The molecule has 0 bridgehead atoms. The predicted octanol–water partition coefficient (Wildman–Crippen LogP) is 1.83. The molecule has 2 aliphatic heterocycles. The van der Waals surface area contributed by atoms with E-state index in [9.17, 15) is 9.59 Å². The van der Waals surface area contributed by atoms with E-state index in [2.05, 4.69) is 12.1 Å². The SMILES string of the molecule is CC(C)N1CC(C(=O)N2CCc3ccccc3C2)CC1=O. The molecule has 1 aromatic carbocycles. The number of hydrogen-bond acceptors (Lipinski definition) is 2. The molecule has 0 spiro atoms. The van der Waals surface area contributed by atoms with Crippen LogP contribution in [0.15, 0.2) is 24.3 Å². The van der Waals surface area contributed by atoms with Crippen molar-refractivity contribution in [2.75, 3.05) is 13.1 Å². The monoisotopic (exact) mass is 286 g/mol. The first-order chi connectivity index (χ1) is 10.1. The second-order valence-electron chi connectivity index (χ2n) is 6.32. The van der Waals surface area contributed by atoms with Crippen LogP contribution >= 0.6 is 0 Å². The lowest BCUT2D eigenvalue weighted by Crippen LogP contribution is -2.41. The first-order valence-corrected chi connectivity index (χ1v) is 7.71. The number of amides is 2. The molecule has 0 aromatic heterocycles. The van der Waals surface area contributed by atoms with Crippen LogP contribution in [0.4, 0.5) is 0 Å². The van der Waals surface area contributed by atoms with Crippen molar-refractivity contribution < 1.29 is 9.59 Å². The van der Waals surface area contributed by atoms with Crippen molar-refractivity contribution in [3.05, 3.63) is 35.4 Å². The highest BCUT2D eigenvalue weighted by Crippen LogP contribution is 2.25. The van der Waals surface area contributed by atoms with E-state index in [1.54, 1.807) is 0 Å². The van der Waals surface area contributed by atoms with Crippen LogP contribution in [0.2, 0.25) is 0 Å². The third kappa shape index (κ3) is 2.67.